The molecule has 3 rings (SSSR count). The minimum Gasteiger partial charge on any atom is -0.496 e. The molecule has 8 nitrogen and oxygen atoms in total. The standard InChI is InChI=1S/C18H23N3O5S/c1-11-15(25-2)6-5-12(16(11)26-3)9-21-8-7-13-14(10-21)19-18(20-17(13)22)27(4,23)24/h5-6H,7-10H2,1-4H3,(H,19,20,22). The number of hydrogen-bond donors (Lipinski definition) is 1. The van der Waals surface area contributed by atoms with E-state index in [2.05, 4.69) is 14.9 Å². The molecule has 1 N–H and O–H groups in total. The number of nitrogens with one attached hydrogen (secondary N) is 1. The Hall–Kier alpha value is -2.39. The molecule has 1 aliphatic heterocycles. The van der Waals surface area contributed by atoms with Crippen molar-refractivity contribution >= 4 is 9.84 Å². The Kier molecular flexibility index (Phi) is 5.25. The molecule has 0 saturated carbocycles. The summed E-state index contributed by atoms with van der Waals surface area (Å²) in [5.41, 5.74) is 2.60. The fourth-order valence-electron chi connectivity index (χ4n) is 3.38. The predicted octanol–water partition coefficient (Wildman–Crippen LogP) is 1.06. The maximum atomic E-state index is 12.2. The van der Waals surface area contributed by atoms with Crippen molar-refractivity contribution in [3.63, 3.8) is 0 Å². The van der Waals surface area contributed by atoms with Crippen LogP contribution in [0.25, 0.3) is 0 Å². The summed E-state index contributed by atoms with van der Waals surface area (Å²) in [6.45, 7) is 3.60. The summed E-state index contributed by atoms with van der Waals surface area (Å²) in [4.78, 5) is 20.9. The highest BCUT2D eigenvalue weighted by Crippen LogP contribution is 2.32. The highest BCUT2D eigenvalue weighted by atomic mass is 32.2. The average molecular weight is 393 g/mol. The number of nitrogens with zero attached hydrogens (tertiary/aromatic N) is 2. The van der Waals surface area contributed by atoms with Crippen molar-refractivity contribution in [1.82, 2.24) is 14.9 Å². The number of methoxy groups -OCH3 is 2. The van der Waals surface area contributed by atoms with Crippen LogP contribution in [-0.4, -0.2) is 50.3 Å². The predicted molar refractivity (Wildman–Crippen MR) is 100 cm³/mol. The third-order valence-electron chi connectivity index (χ3n) is 4.74. The zero-order chi connectivity index (χ0) is 19.8. The van der Waals surface area contributed by atoms with Crippen molar-refractivity contribution < 1.29 is 17.9 Å². The molecule has 0 atom stereocenters. The number of aromatic amines is 1. The van der Waals surface area contributed by atoms with Crippen molar-refractivity contribution in [2.75, 3.05) is 27.0 Å². The van der Waals surface area contributed by atoms with Crippen LogP contribution in [0.15, 0.2) is 22.1 Å². The first kappa shape index (κ1) is 19.4. The highest BCUT2D eigenvalue weighted by molar-refractivity contribution is 7.90. The third-order valence-corrected chi connectivity index (χ3v) is 5.63. The fraction of sp³-hybridized carbons (Fsp3) is 0.444. The van der Waals surface area contributed by atoms with Crippen LogP contribution in [0.5, 0.6) is 11.5 Å². The molecule has 0 unspecified atom stereocenters. The van der Waals surface area contributed by atoms with E-state index in [1.165, 1.54) is 0 Å². The fourth-order valence-corrected chi connectivity index (χ4v) is 3.94. The van der Waals surface area contributed by atoms with Gasteiger partial charge in [-0.2, -0.15) is 0 Å². The second kappa shape index (κ2) is 7.32. The number of H-pyrrole nitrogens is 1. The van der Waals surface area contributed by atoms with E-state index >= 15 is 0 Å². The summed E-state index contributed by atoms with van der Waals surface area (Å²) >= 11 is 0. The monoisotopic (exact) mass is 393 g/mol. The lowest BCUT2D eigenvalue weighted by Gasteiger charge is -2.28. The topological polar surface area (TPSA) is 102 Å². The molecule has 0 radical (unpaired) electrons. The Morgan fingerprint density at radius 2 is 2.00 bits per heavy atom. The molecular weight excluding hydrogens is 370 g/mol. The number of hydrogen-bond acceptors (Lipinski definition) is 7. The molecule has 0 aliphatic carbocycles. The van der Waals surface area contributed by atoms with Gasteiger partial charge in [0.05, 0.1) is 19.9 Å². The summed E-state index contributed by atoms with van der Waals surface area (Å²) in [5, 5.41) is -0.286. The Balaban J connectivity index is 1.90. The van der Waals surface area contributed by atoms with Crippen LogP contribution in [0.2, 0.25) is 0 Å². The summed E-state index contributed by atoms with van der Waals surface area (Å²) < 4.78 is 34.4. The summed E-state index contributed by atoms with van der Waals surface area (Å²) in [6.07, 6.45) is 1.54. The number of fused-ring (bicyclic) bond motifs is 1. The molecule has 146 valence electrons. The number of ether oxygens (including phenoxy) is 2. The summed E-state index contributed by atoms with van der Waals surface area (Å²) in [5.74, 6) is 1.52. The van der Waals surface area contributed by atoms with Crippen LogP contribution in [0, 0.1) is 6.92 Å². The lowest BCUT2D eigenvalue weighted by Crippen LogP contribution is -2.35. The quantitative estimate of drug-likeness (QED) is 0.758. The van der Waals surface area contributed by atoms with Crippen molar-refractivity contribution in [2.24, 2.45) is 0 Å². The minimum absolute atomic E-state index is 0.286. The van der Waals surface area contributed by atoms with Gasteiger partial charge in [0, 0.05) is 42.6 Å². The molecule has 1 aromatic carbocycles. The van der Waals surface area contributed by atoms with Gasteiger partial charge in [-0.3, -0.25) is 14.7 Å². The van der Waals surface area contributed by atoms with Gasteiger partial charge in [0.15, 0.2) is 0 Å². The third kappa shape index (κ3) is 3.84. The number of sulfone groups is 1. The van der Waals surface area contributed by atoms with Gasteiger partial charge in [-0.15, -0.1) is 0 Å². The minimum atomic E-state index is -3.58. The van der Waals surface area contributed by atoms with E-state index in [-0.39, 0.29) is 10.7 Å². The summed E-state index contributed by atoms with van der Waals surface area (Å²) in [7, 11) is -0.340. The van der Waals surface area contributed by atoms with Crippen molar-refractivity contribution in [2.45, 2.75) is 31.6 Å². The van der Waals surface area contributed by atoms with Crippen LogP contribution in [0.1, 0.15) is 22.4 Å². The maximum absolute atomic E-state index is 12.2. The highest BCUT2D eigenvalue weighted by Gasteiger charge is 2.24. The Morgan fingerprint density at radius 3 is 2.63 bits per heavy atom. The number of aromatic nitrogens is 2. The van der Waals surface area contributed by atoms with Crippen LogP contribution in [0.4, 0.5) is 0 Å². The van der Waals surface area contributed by atoms with E-state index in [0.29, 0.717) is 37.3 Å². The summed E-state index contributed by atoms with van der Waals surface area (Å²) in [6, 6.07) is 3.85. The van der Waals surface area contributed by atoms with Crippen LogP contribution >= 0.6 is 0 Å². The molecule has 2 heterocycles. The van der Waals surface area contributed by atoms with Gasteiger partial charge in [0.25, 0.3) is 5.56 Å². The van der Waals surface area contributed by atoms with E-state index in [0.717, 1.165) is 28.9 Å². The molecule has 0 saturated heterocycles. The lowest BCUT2D eigenvalue weighted by molar-refractivity contribution is 0.235. The Morgan fingerprint density at radius 1 is 1.26 bits per heavy atom. The van der Waals surface area contributed by atoms with E-state index < -0.39 is 9.84 Å². The van der Waals surface area contributed by atoms with Gasteiger partial charge in [-0.05, 0) is 19.4 Å². The molecular formula is C18H23N3O5S. The second-order valence-corrected chi connectivity index (χ2v) is 8.55. The smallest absolute Gasteiger partial charge is 0.255 e. The van der Waals surface area contributed by atoms with E-state index in [1.807, 2.05) is 19.1 Å². The van der Waals surface area contributed by atoms with Gasteiger partial charge in [0.2, 0.25) is 15.0 Å². The first-order valence-corrected chi connectivity index (χ1v) is 10.4. The Bertz CT molecular complexity index is 1030. The average Bonchev–Trinajstić information content (AvgIpc) is 2.61. The van der Waals surface area contributed by atoms with Crippen molar-refractivity contribution in [1.29, 1.82) is 0 Å². The van der Waals surface area contributed by atoms with Crippen molar-refractivity contribution in [3.05, 3.63) is 44.9 Å². The normalized spacial score (nSPS) is 14.7. The van der Waals surface area contributed by atoms with Gasteiger partial charge < -0.3 is 9.47 Å². The van der Waals surface area contributed by atoms with E-state index in [9.17, 15) is 13.2 Å². The first-order valence-electron chi connectivity index (χ1n) is 8.49. The molecule has 0 spiro atoms. The lowest BCUT2D eigenvalue weighted by atomic mass is 10.0. The molecule has 1 aliphatic rings. The zero-order valence-corrected chi connectivity index (χ0v) is 16.6. The molecule has 0 amide bonds. The number of benzene rings is 1. The zero-order valence-electron chi connectivity index (χ0n) is 15.8. The van der Waals surface area contributed by atoms with Crippen LogP contribution in [0.3, 0.4) is 0 Å². The van der Waals surface area contributed by atoms with Gasteiger partial charge in [0.1, 0.15) is 11.5 Å². The molecule has 9 heteroatoms. The Labute approximate surface area is 158 Å². The van der Waals surface area contributed by atoms with Gasteiger partial charge in [-0.25, -0.2) is 13.4 Å². The molecule has 27 heavy (non-hydrogen) atoms. The second-order valence-electron chi connectivity index (χ2n) is 6.61. The van der Waals surface area contributed by atoms with E-state index in [1.54, 1.807) is 14.2 Å². The molecule has 1 aromatic heterocycles. The van der Waals surface area contributed by atoms with Gasteiger partial charge >= 0.3 is 0 Å². The number of rotatable bonds is 5. The molecule has 0 fully saturated rings. The van der Waals surface area contributed by atoms with Crippen LogP contribution < -0.4 is 15.0 Å². The van der Waals surface area contributed by atoms with Gasteiger partial charge in [-0.1, -0.05) is 6.07 Å². The largest absolute Gasteiger partial charge is 0.496 e. The maximum Gasteiger partial charge on any atom is 0.255 e. The molecule has 2 aromatic rings. The van der Waals surface area contributed by atoms with E-state index in [4.69, 9.17) is 9.47 Å². The SMILES string of the molecule is COc1ccc(CN2CCc3c(nc(S(C)(=O)=O)[nH]c3=O)C2)c(OC)c1C. The van der Waals surface area contributed by atoms with Crippen molar-refractivity contribution in [3.8, 4) is 11.5 Å². The molecule has 0 bridgehead atoms. The van der Waals surface area contributed by atoms with Crippen LogP contribution in [-0.2, 0) is 29.3 Å². The first-order chi connectivity index (χ1) is 12.7.